The summed E-state index contributed by atoms with van der Waals surface area (Å²) in [5.74, 6) is -0.105. The van der Waals surface area contributed by atoms with Gasteiger partial charge in [0.25, 0.3) is 5.91 Å². The number of amides is 1. The van der Waals surface area contributed by atoms with Crippen LogP contribution in [0.15, 0.2) is 48.7 Å². The van der Waals surface area contributed by atoms with E-state index in [9.17, 15) is 4.79 Å². The van der Waals surface area contributed by atoms with E-state index in [1.807, 2.05) is 16.7 Å². The van der Waals surface area contributed by atoms with Crippen molar-refractivity contribution in [3.05, 3.63) is 70.6 Å². The third-order valence-corrected chi connectivity index (χ3v) is 6.47. The lowest BCUT2D eigenvalue weighted by molar-refractivity contribution is 0.0821. The molecule has 0 bridgehead atoms. The monoisotopic (exact) mass is 410 g/mol. The fourth-order valence-corrected chi connectivity index (χ4v) is 4.54. The Bertz CT molecular complexity index is 1060. The number of nitrogens with one attached hydrogen (secondary N) is 1. The van der Waals surface area contributed by atoms with Crippen LogP contribution < -0.4 is 5.32 Å². The topological polar surface area (TPSA) is 49.6 Å². The maximum atomic E-state index is 12.7. The Morgan fingerprint density at radius 1 is 1.21 bits per heavy atom. The third-order valence-electron chi connectivity index (χ3n) is 6.25. The molecule has 1 N–H and O–H groups in total. The minimum Gasteiger partial charge on any atom is -0.343 e. The quantitative estimate of drug-likeness (QED) is 0.664. The number of rotatable bonds is 6. The standard InChI is InChI=1S/C23H27ClN4O/c1-22(2)14-23(22,16-8-6-5-7-9-16)15-25-12-18-20(21(29)27(3)4)26-19-11-10-17(24)13-28(18)19/h5-11,13,25H,12,14-15H2,1-4H3/t23-/m0/s1. The first-order valence-electron chi connectivity index (χ1n) is 9.90. The van der Waals surface area contributed by atoms with Gasteiger partial charge >= 0.3 is 0 Å². The molecule has 1 aromatic carbocycles. The maximum absolute atomic E-state index is 12.7. The number of imidazole rings is 1. The molecule has 1 saturated carbocycles. The van der Waals surface area contributed by atoms with E-state index in [4.69, 9.17) is 11.6 Å². The number of fused-ring (bicyclic) bond motifs is 1. The molecule has 1 amide bonds. The van der Waals surface area contributed by atoms with Gasteiger partial charge in [0.05, 0.1) is 10.7 Å². The largest absolute Gasteiger partial charge is 0.343 e. The molecule has 5 nitrogen and oxygen atoms in total. The van der Waals surface area contributed by atoms with Crippen molar-refractivity contribution >= 4 is 23.2 Å². The molecule has 1 aliphatic carbocycles. The molecule has 1 atom stereocenters. The van der Waals surface area contributed by atoms with Gasteiger partial charge in [-0.2, -0.15) is 0 Å². The van der Waals surface area contributed by atoms with Gasteiger partial charge < -0.3 is 14.6 Å². The van der Waals surface area contributed by atoms with Gasteiger partial charge in [0, 0.05) is 38.8 Å². The second kappa shape index (κ2) is 7.15. The van der Waals surface area contributed by atoms with Gasteiger partial charge in [-0.3, -0.25) is 4.79 Å². The Morgan fingerprint density at radius 2 is 1.90 bits per heavy atom. The Hall–Kier alpha value is -2.37. The van der Waals surface area contributed by atoms with Crippen LogP contribution in [0.1, 0.15) is 42.0 Å². The van der Waals surface area contributed by atoms with E-state index in [0.29, 0.717) is 17.3 Å². The Kier molecular flexibility index (Phi) is 4.91. The molecular weight excluding hydrogens is 384 g/mol. The Balaban J connectivity index is 1.62. The predicted octanol–water partition coefficient (Wildman–Crippen LogP) is 4.15. The normalized spacial score (nSPS) is 20.0. The van der Waals surface area contributed by atoms with Crippen LogP contribution >= 0.6 is 11.6 Å². The van der Waals surface area contributed by atoms with Crippen LogP contribution in [0, 0.1) is 5.41 Å². The molecule has 2 heterocycles. The summed E-state index contributed by atoms with van der Waals surface area (Å²) in [5.41, 5.74) is 3.74. The fourth-order valence-electron chi connectivity index (χ4n) is 4.38. The second-order valence-corrected chi connectivity index (χ2v) is 9.23. The van der Waals surface area contributed by atoms with E-state index >= 15 is 0 Å². The summed E-state index contributed by atoms with van der Waals surface area (Å²) in [5, 5.41) is 4.23. The predicted molar refractivity (Wildman–Crippen MR) is 116 cm³/mol. The van der Waals surface area contributed by atoms with E-state index in [2.05, 4.69) is 54.5 Å². The zero-order chi connectivity index (χ0) is 20.8. The molecule has 6 heteroatoms. The number of pyridine rings is 1. The van der Waals surface area contributed by atoms with Crippen LogP contribution in [-0.4, -0.2) is 40.8 Å². The number of halogens is 1. The molecular formula is C23H27ClN4O. The highest BCUT2D eigenvalue weighted by Crippen LogP contribution is 2.63. The lowest BCUT2D eigenvalue weighted by Crippen LogP contribution is -2.31. The van der Waals surface area contributed by atoms with Gasteiger partial charge in [-0.05, 0) is 29.5 Å². The zero-order valence-electron chi connectivity index (χ0n) is 17.4. The van der Waals surface area contributed by atoms with Crippen LogP contribution in [-0.2, 0) is 12.0 Å². The van der Waals surface area contributed by atoms with Crippen molar-refractivity contribution in [2.75, 3.05) is 20.6 Å². The summed E-state index contributed by atoms with van der Waals surface area (Å²) >= 11 is 6.21. The first kappa shape index (κ1) is 19.9. The van der Waals surface area contributed by atoms with Crippen molar-refractivity contribution in [1.29, 1.82) is 0 Å². The number of benzene rings is 1. The minimum absolute atomic E-state index is 0.105. The van der Waals surface area contributed by atoms with Crippen LogP contribution in [0.25, 0.3) is 5.65 Å². The Labute approximate surface area is 176 Å². The summed E-state index contributed by atoms with van der Waals surface area (Å²) in [6, 6.07) is 14.3. The second-order valence-electron chi connectivity index (χ2n) is 8.79. The van der Waals surface area contributed by atoms with Crippen molar-refractivity contribution in [1.82, 2.24) is 19.6 Å². The summed E-state index contributed by atoms with van der Waals surface area (Å²) in [6.45, 7) is 6.02. The molecule has 0 spiro atoms. The molecule has 4 rings (SSSR count). The molecule has 0 saturated heterocycles. The minimum atomic E-state index is -0.105. The van der Waals surface area contributed by atoms with E-state index in [0.717, 1.165) is 24.3 Å². The molecule has 0 unspecified atom stereocenters. The smallest absolute Gasteiger partial charge is 0.273 e. The molecule has 1 fully saturated rings. The van der Waals surface area contributed by atoms with E-state index in [1.165, 1.54) is 5.56 Å². The van der Waals surface area contributed by atoms with Crippen molar-refractivity contribution in [2.24, 2.45) is 5.41 Å². The van der Waals surface area contributed by atoms with Crippen LogP contribution in [0.5, 0.6) is 0 Å². The van der Waals surface area contributed by atoms with Crippen molar-refractivity contribution < 1.29 is 4.79 Å². The van der Waals surface area contributed by atoms with E-state index < -0.39 is 0 Å². The first-order valence-corrected chi connectivity index (χ1v) is 10.3. The first-order chi connectivity index (χ1) is 13.7. The number of hydrogen-bond acceptors (Lipinski definition) is 3. The van der Waals surface area contributed by atoms with Crippen LogP contribution in [0.2, 0.25) is 5.02 Å². The SMILES string of the molecule is CN(C)C(=O)c1nc2ccc(Cl)cn2c1CNC[C@]1(c2ccccc2)CC1(C)C. The zero-order valence-corrected chi connectivity index (χ0v) is 18.1. The van der Waals surface area contributed by atoms with Crippen molar-refractivity contribution in [3.63, 3.8) is 0 Å². The highest BCUT2D eigenvalue weighted by molar-refractivity contribution is 6.30. The number of carbonyl (C=O) groups excluding carboxylic acids is 1. The number of aromatic nitrogens is 2. The summed E-state index contributed by atoms with van der Waals surface area (Å²) in [6.07, 6.45) is 2.96. The summed E-state index contributed by atoms with van der Waals surface area (Å²) in [7, 11) is 3.49. The van der Waals surface area contributed by atoms with Crippen LogP contribution in [0.4, 0.5) is 0 Å². The molecule has 3 aromatic rings. The number of hydrogen-bond donors (Lipinski definition) is 1. The fraction of sp³-hybridized carbons (Fsp3) is 0.391. The highest BCUT2D eigenvalue weighted by atomic mass is 35.5. The lowest BCUT2D eigenvalue weighted by atomic mass is 9.88. The molecule has 29 heavy (non-hydrogen) atoms. The molecule has 0 radical (unpaired) electrons. The summed E-state index contributed by atoms with van der Waals surface area (Å²) < 4.78 is 1.92. The molecule has 2 aromatic heterocycles. The number of carbonyl (C=O) groups is 1. The Morgan fingerprint density at radius 3 is 2.52 bits per heavy atom. The average molecular weight is 411 g/mol. The lowest BCUT2D eigenvalue weighted by Gasteiger charge is -2.22. The van der Waals surface area contributed by atoms with Gasteiger partial charge in [0.15, 0.2) is 5.69 Å². The average Bonchev–Trinajstić information content (AvgIpc) is 3.08. The number of nitrogens with zero attached hydrogens (tertiary/aromatic N) is 3. The molecule has 0 aliphatic heterocycles. The van der Waals surface area contributed by atoms with Crippen molar-refractivity contribution in [3.8, 4) is 0 Å². The third kappa shape index (κ3) is 3.43. The van der Waals surface area contributed by atoms with Crippen LogP contribution in [0.3, 0.4) is 0 Å². The molecule has 1 aliphatic rings. The maximum Gasteiger partial charge on any atom is 0.273 e. The van der Waals surface area contributed by atoms with E-state index in [1.54, 1.807) is 25.1 Å². The van der Waals surface area contributed by atoms with Gasteiger partial charge in [-0.25, -0.2) is 4.98 Å². The van der Waals surface area contributed by atoms with Gasteiger partial charge in [0.2, 0.25) is 0 Å². The summed E-state index contributed by atoms with van der Waals surface area (Å²) in [4.78, 5) is 18.8. The molecule has 152 valence electrons. The van der Waals surface area contributed by atoms with Gasteiger partial charge in [-0.15, -0.1) is 0 Å². The van der Waals surface area contributed by atoms with Gasteiger partial charge in [-0.1, -0.05) is 55.8 Å². The van der Waals surface area contributed by atoms with E-state index in [-0.39, 0.29) is 16.7 Å². The van der Waals surface area contributed by atoms with Crippen molar-refractivity contribution in [2.45, 2.75) is 32.2 Å². The van der Waals surface area contributed by atoms with Gasteiger partial charge in [0.1, 0.15) is 5.65 Å². The highest BCUT2D eigenvalue weighted by Gasteiger charge is 2.61.